The first-order valence-corrected chi connectivity index (χ1v) is 7.88. The van der Waals surface area contributed by atoms with Gasteiger partial charge < -0.3 is 14.4 Å². The van der Waals surface area contributed by atoms with Crippen LogP contribution >= 0.6 is 23.2 Å². The van der Waals surface area contributed by atoms with Gasteiger partial charge in [0.25, 0.3) is 5.91 Å². The highest BCUT2D eigenvalue weighted by molar-refractivity contribution is 6.35. The second-order valence-corrected chi connectivity index (χ2v) is 6.21. The quantitative estimate of drug-likeness (QED) is 0.841. The van der Waals surface area contributed by atoms with Gasteiger partial charge in [-0.1, -0.05) is 35.3 Å². The molecule has 4 nitrogen and oxygen atoms in total. The molecule has 0 saturated carbocycles. The molecule has 1 heterocycles. The Hall–Kier alpha value is -1.91. The number of likely N-dealkylation sites (N-methyl/N-ethyl adjacent to an activating group) is 1. The van der Waals surface area contributed by atoms with Gasteiger partial charge in [0.1, 0.15) is 6.61 Å². The zero-order chi connectivity index (χ0) is 16.4. The van der Waals surface area contributed by atoms with Crippen LogP contribution in [0, 0.1) is 0 Å². The second-order valence-electron chi connectivity index (χ2n) is 5.34. The molecule has 0 saturated heterocycles. The van der Waals surface area contributed by atoms with Crippen molar-refractivity contribution in [3.63, 3.8) is 0 Å². The number of nitrogens with zero attached hydrogens (tertiary/aromatic N) is 1. The average Bonchev–Trinajstić information content (AvgIpc) is 2.53. The Morgan fingerprint density at radius 1 is 1.17 bits per heavy atom. The normalized spacial score (nSPS) is 16.0. The van der Waals surface area contributed by atoms with Gasteiger partial charge in [-0.25, -0.2) is 0 Å². The molecule has 0 radical (unpaired) electrons. The first kappa shape index (κ1) is 16.0. The Balaban J connectivity index is 1.67. The predicted molar refractivity (Wildman–Crippen MR) is 89.8 cm³/mol. The number of halogens is 2. The zero-order valence-electron chi connectivity index (χ0n) is 12.5. The van der Waals surface area contributed by atoms with E-state index in [2.05, 4.69) is 0 Å². The van der Waals surface area contributed by atoms with Crippen LogP contribution in [0.1, 0.15) is 10.4 Å². The summed E-state index contributed by atoms with van der Waals surface area (Å²) in [6, 6.07) is 12.3. The molecule has 2 aromatic rings. The number of benzene rings is 2. The van der Waals surface area contributed by atoms with Crippen molar-refractivity contribution in [2.24, 2.45) is 0 Å². The Morgan fingerprint density at radius 3 is 2.52 bits per heavy atom. The van der Waals surface area contributed by atoms with Crippen LogP contribution in [0.2, 0.25) is 10.0 Å². The molecule has 0 aromatic heterocycles. The summed E-state index contributed by atoms with van der Waals surface area (Å²) in [4.78, 5) is 14.1. The largest absolute Gasteiger partial charge is 0.486 e. The van der Waals surface area contributed by atoms with Gasteiger partial charge in [0.2, 0.25) is 0 Å². The van der Waals surface area contributed by atoms with Gasteiger partial charge in [0.15, 0.2) is 17.6 Å². The van der Waals surface area contributed by atoms with E-state index >= 15 is 0 Å². The lowest BCUT2D eigenvalue weighted by Crippen LogP contribution is -2.41. The minimum Gasteiger partial charge on any atom is -0.486 e. The van der Waals surface area contributed by atoms with Gasteiger partial charge in [0, 0.05) is 22.7 Å². The summed E-state index contributed by atoms with van der Waals surface area (Å²) < 4.78 is 11.5. The van der Waals surface area contributed by atoms with Crippen LogP contribution in [-0.2, 0) is 0 Å². The predicted octanol–water partition coefficient (Wildman–Crippen LogP) is 3.91. The summed E-state index contributed by atoms with van der Waals surface area (Å²) in [5.74, 6) is 1.24. The highest BCUT2D eigenvalue weighted by atomic mass is 35.5. The van der Waals surface area contributed by atoms with Crippen LogP contribution in [-0.4, -0.2) is 37.1 Å². The topological polar surface area (TPSA) is 38.8 Å². The molecule has 1 unspecified atom stereocenters. The van der Waals surface area contributed by atoms with Crippen LogP contribution in [0.5, 0.6) is 11.5 Å². The lowest BCUT2D eigenvalue weighted by molar-refractivity contribution is 0.0521. The maximum atomic E-state index is 12.5. The molecule has 0 spiro atoms. The molecule has 3 rings (SSSR count). The fraction of sp³-hybridized carbons (Fsp3) is 0.235. The van der Waals surface area contributed by atoms with Crippen LogP contribution in [0.15, 0.2) is 42.5 Å². The summed E-state index contributed by atoms with van der Waals surface area (Å²) in [5, 5.41) is 0.862. The van der Waals surface area contributed by atoms with Crippen molar-refractivity contribution in [2.45, 2.75) is 6.10 Å². The smallest absolute Gasteiger partial charge is 0.253 e. The molecular formula is C17H15Cl2NO3. The number of ether oxygens (including phenoxy) is 2. The summed E-state index contributed by atoms with van der Waals surface area (Å²) in [6.07, 6.45) is -0.228. The van der Waals surface area contributed by atoms with E-state index in [1.807, 2.05) is 24.3 Å². The molecule has 0 fully saturated rings. The fourth-order valence-electron chi connectivity index (χ4n) is 2.44. The Bertz CT molecular complexity index is 715. The molecule has 0 N–H and O–H groups in total. The van der Waals surface area contributed by atoms with Gasteiger partial charge in [0.05, 0.1) is 6.54 Å². The van der Waals surface area contributed by atoms with Crippen LogP contribution in [0.3, 0.4) is 0 Å². The number of carbonyl (C=O) groups is 1. The van der Waals surface area contributed by atoms with E-state index in [1.165, 1.54) is 0 Å². The molecular weight excluding hydrogens is 337 g/mol. The van der Waals surface area contributed by atoms with Crippen molar-refractivity contribution in [2.75, 3.05) is 20.2 Å². The third-order valence-corrected chi connectivity index (χ3v) is 3.94. The molecule has 2 aromatic carbocycles. The van der Waals surface area contributed by atoms with Crippen molar-refractivity contribution in [1.29, 1.82) is 0 Å². The molecule has 0 bridgehead atoms. The zero-order valence-corrected chi connectivity index (χ0v) is 14.0. The second kappa shape index (κ2) is 6.69. The summed E-state index contributed by atoms with van der Waals surface area (Å²) in [7, 11) is 1.71. The average molecular weight is 352 g/mol. The molecule has 0 aliphatic carbocycles. The number of rotatable bonds is 3. The highest BCUT2D eigenvalue weighted by Gasteiger charge is 2.24. The van der Waals surface area contributed by atoms with Gasteiger partial charge >= 0.3 is 0 Å². The summed E-state index contributed by atoms with van der Waals surface area (Å²) >= 11 is 11.9. The fourth-order valence-corrected chi connectivity index (χ4v) is 2.97. The van der Waals surface area contributed by atoms with Gasteiger partial charge in [-0.3, -0.25) is 4.79 Å². The summed E-state index contributed by atoms with van der Waals surface area (Å²) in [5.41, 5.74) is 0.446. The van der Waals surface area contributed by atoms with E-state index < -0.39 is 0 Å². The highest BCUT2D eigenvalue weighted by Crippen LogP contribution is 2.31. The minimum absolute atomic E-state index is 0.170. The Morgan fingerprint density at radius 2 is 1.83 bits per heavy atom. The van der Waals surface area contributed by atoms with E-state index in [9.17, 15) is 4.79 Å². The standard InChI is InChI=1S/C17H15Cl2NO3/c1-20(17(21)11-6-12(18)8-13(19)7-11)9-14-10-22-15-4-2-3-5-16(15)23-14/h2-8,14H,9-10H2,1H3. The molecule has 23 heavy (non-hydrogen) atoms. The monoisotopic (exact) mass is 351 g/mol. The van der Waals surface area contributed by atoms with Crippen molar-refractivity contribution in [1.82, 2.24) is 4.90 Å². The number of para-hydroxylation sites is 2. The first-order chi connectivity index (χ1) is 11.0. The SMILES string of the molecule is CN(CC1COc2ccccc2O1)C(=O)c1cc(Cl)cc(Cl)c1. The number of carbonyl (C=O) groups excluding carboxylic acids is 1. The maximum Gasteiger partial charge on any atom is 0.253 e. The van der Waals surface area contributed by atoms with Gasteiger partial charge in [-0.05, 0) is 30.3 Å². The van der Waals surface area contributed by atoms with Crippen molar-refractivity contribution in [3.05, 3.63) is 58.1 Å². The van der Waals surface area contributed by atoms with Crippen molar-refractivity contribution >= 4 is 29.1 Å². The number of hydrogen-bond donors (Lipinski definition) is 0. The lowest BCUT2D eigenvalue weighted by Gasteiger charge is -2.29. The van der Waals surface area contributed by atoms with E-state index in [4.69, 9.17) is 32.7 Å². The molecule has 1 atom stereocenters. The molecule has 1 aliphatic rings. The third kappa shape index (κ3) is 3.71. The first-order valence-electron chi connectivity index (χ1n) is 7.13. The molecule has 120 valence electrons. The summed E-state index contributed by atoms with van der Waals surface area (Å²) in [6.45, 7) is 0.794. The molecule has 1 amide bonds. The van der Waals surface area contributed by atoms with E-state index in [0.717, 1.165) is 5.75 Å². The Labute approximate surface area is 144 Å². The van der Waals surface area contributed by atoms with E-state index in [1.54, 1.807) is 30.1 Å². The lowest BCUT2D eigenvalue weighted by atomic mass is 10.2. The van der Waals surface area contributed by atoms with Crippen LogP contribution in [0.25, 0.3) is 0 Å². The molecule has 6 heteroatoms. The van der Waals surface area contributed by atoms with Crippen LogP contribution < -0.4 is 9.47 Å². The number of amides is 1. The minimum atomic E-state index is -0.228. The van der Waals surface area contributed by atoms with Gasteiger partial charge in [-0.2, -0.15) is 0 Å². The van der Waals surface area contributed by atoms with E-state index in [0.29, 0.717) is 34.5 Å². The van der Waals surface area contributed by atoms with Gasteiger partial charge in [-0.15, -0.1) is 0 Å². The molecule has 1 aliphatic heterocycles. The van der Waals surface area contributed by atoms with Crippen molar-refractivity contribution in [3.8, 4) is 11.5 Å². The number of hydrogen-bond acceptors (Lipinski definition) is 3. The van der Waals surface area contributed by atoms with Crippen LogP contribution in [0.4, 0.5) is 0 Å². The van der Waals surface area contributed by atoms with Crippen molar-refractivity contribution < 1.29 is 14.3 Å². The number of fused-ring (bicyclic) bond motifs is 1. The third-order valence-electron chi connectivity index (χ3n) is 3.50. The van der Waals surface area contributed by atoms with E-state index in [-0.39, 0.29) is 12.0 Å². The Kier molecular flexibility index (Phi) is 4.64. The maximum absolute atomic E-state index is 12.5.